The van der Waals surface area contributed by atoms with Gasteiger partial charge in [-0.15, -0.1) is 0 Å². The summed E-state index contributed by atoms with van der Waals surface area (Å²) in [6, 6.07) is 13.9. The fourth-order valence-corrected chi connectivity index (χ4v) is 3.89. The fraction of sp³-hybridized carbons (Fsp3) is 0.304. The molecule has 0 radical (unpaired) electrons. The van der Waals surface area contributed by atoms with Gasteiger partial charge < -0.3 is 14.8 Å². The summed E-state index contributed by atoms with van der Waals surface area (Å²) in [4.78, 5) is 31.8. The Hall–Kier alpha value is -3.15. The summed E-state index contributed by atoms with van der Waals surface area (Å²) in [5, 5.41) is 1.21. The van der Waals surface area contributed by atoms with Crippen LogP contribution in [0.15, 0.2) is 54.7 Å². The molecule has 5 nitrogen and oxygen atoms in total. The predicted molar refractivity (Wildman–Crippen MR) is 110 cm³/mol. The van der Waals surface area contributed by atoms with Gasteiger partial charge >= 0.3 is 0 Å². The second kappa shape index (κ2) is 8.47. The topological polar surface area (TPSA) is 56.4 Å². The highest BCUT2D eigenvalue weighted by Crippen LogP contribution is 2.20. The van der Waals surface area contributed by atoms with Crippen molar-refractivity contribution in [1.29, 1.82) is 0 Å². The molecule has 150 valence electrons. The lowest BCUT2D eigenvalue weighted by molar-refractivity contribution is -0.132. The van der Waals surface area contributed by atoms with E-state index in [-0.39, 0.29) is 11.8 Å². The summed E-state index contributed by atoms with van der Waals surface area (Å²) in [5.74, 6) is -0.474. The predicted octanol–water partition coefficient (Wildman–Crippen LogP) is 3.61. The lowest BCUT2D eigenvalue weighted by atomic mass is 10.1. The summed E-state index contributed by atoms with van der Waals surface area (Å²) < 4.78 is 13.3. The number of hydrogen-bond donors (Lipinski definition) is 1. The van der Waals surface area contributed by atoms with E-state index in [1.165, 1.54) is 29.1 Å². The van der Waals surface area contributed by atoms with Crippen molar-refractivity contribution in [3.63, 3.8) is 0 Å². The molecule has 1 fully saturated rings. The van der Waals surface area contributed by atoms with E-state index in [1.54, 1.807) is 11.0 Å². The molecule has 1 aliphatic rings. The van der Waals surface area contributed by atoms with Crippen LogP contribution >= 0.6 is 0 Å². The van der Waals surface area contributed by atoms with E-state index in [0.717, 1.165) is 18.4 Å². The third-order valence-corrected chi connectivity index (χ3v) is 5.50. The van der Waals surface area contributed by atoms with Crippen molar-refractivity contribution >= 4 is 22.7 Å². The molecule has 2 amide bonds. The highest BCUT2D eigenvalue weighted by Gasteiger charge is 2.24. The SMILES string of the molecule is O=C(CCCc1c[nH]c2ccccc12)N1CCN(C(=O)c2cccc(F)c2)CC1. The van der Waals surface area contributed by atoms with Crippen molar-refractivity contribution in [2.45, 2.75) is 19.3 Å². The Bertz CT molecular complexity index is 1020. The number of rotatable bonds is 5. The Labute approximate surface area is 169 Å². The average molecular weight is 393 g/mol. The molecule has 2 heterocycles. The molecule has 0 saturated carbocycles. The van der Waals surface area contributed by atoms with Gasteiger partial charge in [0.05, 0.1) is 0 Å². The number of aromatic amines is 1. The molecule has 3 aromatic rings. The zero-order valence-corrected chi connectivity index (χ0v) is 16.2. The first-order valence-electron chi connectivity index (χ1n) is 9.99. The summed E-state index contributed by atoms with van der Waals surface area (Å²) in [7, 11) is 0. The van der Waals surface area contributed by atoms with Gasteiger partial charge in [0.2, 0.25) is 5.91 Å². The van der Waals surface area contributed by atoms with Gasteiger partial charge in [0.1, 0.15) is 5.82 Å². The molecule has 0 aliphatic carbocycles. The maximum absolute atomic E-state index is 13.3. The van der Waals surface area contributed by atoms with Crippen LogP contribution in [0.2, 0.25) is 0 Å². The fourth-order valence-electron chi connectivity index (χ4n) is 3.89. The van der Waals surface area contributed by atoms with Gasteiger partial charge in [-0.05, 0) is 42.7 Å². The molecule has 0 spiro atoms. The van der Waals surface area contributed by atoms with Crippen molar-refractivity contribution in [2.24, 2.45) is 0 Å². The Morgan fingerprint density at radius 1 is 0.966 bits per heavy atom. The quantitative estimate of drug-likeness (QED) is 0.720. The monoisotopic (exact) mass is 393 g/mol. The molecule has 29 heavy (non-hydrogen) atoms. The maximum atomic E-state index is 13.3. The number of piperazine rings is 1. The van der Waals surface area contributed by atoms with Crippen LogP contribution in [-0.2, 0) is 11.2 Å². The Morgan fingerprint density at radius 3 is 2.52 bits per heavy atom. The zero-order chi connectivity index (χ0) is 20.2. The van der Waals surface area contributed by atoms with E-state index in [2.05, 4.69) is 17.1 Å². The number of hydrogen-bond acceptors (Lipinski definition) is 2. The number of benzene rings is 2. The number of nitrogens with zero attached hydrogens (tertiary/aromatic N) is 2. The molecule has 0 unspecified atom stereocenters. The van der Waals surface area contributed by atoms with Gasteiger partial charge in [-0.1, -0.05) is 24.3 Å². The average Bonchev–Trinajstić information content (AvgIpc) is 3.16. The smallest absolute Gasteiger partial charge is 0.254 e. The van der Waals surface area contributed by atoms with Gasteiger partial charge in [0.15, 0.2) is 0 Å². The van der Waals surface area contributed by atoms with Crippen LogP contribution in [0, 0.1) is 5.82 Å². The third kappa shape index (κ3) is 4.31. The van der Waals surface area contributed by atoms with Crippen molar-refractivity contribution in [1.82, 2.24) is 14.8 Å². The minimum absolute atomic E-state index is 0.127. The van der Waals surface area contributed by atoms with Crippen molar-refractivity contribution in [3.05, 3.63) is 71.7 Å². The molecular formula is C23H24FN3O2. The number of carbonyl (C=O) groups excluding carboxylic acids is 2. The van der Waals surface area contributed by atoms with Crippen molar-refractivity contribution in [2.75, 3.05) is 26.2 Å². The Balaban J connectivity index is 1.25. The number of H-pyrrole nitrogens is 1. The molecule has 0 atom stereocenters. The molecular weight excluding hydrogens is 369 g/mol. The lowest BCUT2D eigenvalue weighted by Crippen LogP contribution is -2.50. The van der Waals surface area contributed by atoms with E-state index < -0.39 is 5.82 Å². The number of carbonyl (C=O) groups is 2. The number of aryl methyl sites for hydroxylation is 1. The number of para-hydroxylation sites is 1. The molecule has 1 saturated heterocycles. The van der Waals surface area contributed by atoms with Gasteiger partial charge in [-0.2, -0.15) is 0 Å². The van der Waals surface area contributed by atoms with E-state index in [9.17, 15) is 14.0 Å². The summed E-state index contributed by atoms with van der Waals surface area (Å²) in [5.41, 5.74) is 2.70. The van der Waals surface area contributed by atoms with Crippen LogP contribution in [0.25, 0.3) is 10.9 Å². The zero-order valence-electron chi connectivity index (χ0n) is 16.2. The maximum Gasteiger partial charge on any atom is 0.254 e. The van der Waals surface area contributed by atoms with Gasteiger partial charge in [0.25, 0.3) is 5.91 Å². The highest BCUT2D eigenvalue weighted by atomic mass is 19.1. The second-order valence-electron chi connectivity index (χ2n) is 7.40. The van der Waals surface area contributed by atoms with E-state index >= 15 is 0 Å². The Morgan fingerprint density at radius 2 is 1.72 bits per heavy atom. The van der Waals surface area contributed by atoms with E-state index in [1.807, 2.05) is 23.2 Å². The lowest BCUT2D eigenvalue weighted by Gasteiger charge is -2.35. The van der Waals surface area contributed by atoms with Crippen LogP contribution in [0.5, 0.6) is 0 Å². The third-order valence-electron chi connectivity index (χ3n) is 5.50. The van der Waals surface area contributed by atoms with E-state index in [4.69, 9.17) is 0 Å². The first-order valence-corrected chi connectivity index (χ1v) is 9.99. The molecule has 1 N–H and O–H groups in total. The molecule has 1 aromatic heterocycles. The standard InChI is InChI=1S/C23H24FN3O2/c24-19-7-3-5-17(15-19)23(29)27-13-11-26(12-14-27)22(28)10-4-6-18-16-25-21-9-2-1-8-20(18)21/h1-3,5,7-9,15-16,25H,4,6,10-14H2. The van der Waals surface area contributed by atoms with Crippen molar-refractivity contribution in [3.8, 4) is 0 Å². The minimum atomic E-state index is -0.417. The molecule has 2 aromatic carbocycles. The summed E-state index contributed by atoms with van der Waals surface area (Å²) >= 11 is 0. The van der Waals surface area contributed by atoms with Gasteiger partial charge in [-0.25, -0.2) is 4.39 Å². The van der Waals surface area contributed by atoms with Gasteiger partial charge in [-0.3, -0.25) is 9.59 Å². The largest absolute Gasteiger partial charge is 0.361 e. The molecule has 6 heteroatoms. The van der Waals surface area contributed by atoms with Crippen LogP contribution in [0.3, 0.4) is 0 Å². The minimum Gasteiger partial charge on any atom is -0.361 e. The number of nitrogens with one attached hydrogen (secondary N) is 1. The van der Waals surface area contributed by atoms with Crippen LogP contribution < -0.4 is 0 Å². The first kappa shape index (κ1) is 19.2. The van der Waals surface area contributed by atoms with Crippen molar-refractivity contribution < 1.29 is 14.0 Å². The molecule has 0 bridgehead atoms. The van der Waals surface area contributed by atoms with Gasteiger partial charge in [0, 0.05) is 55.3 Å². The normalized spacial score (nSPS) is 14.4. The highest BCUT2D eigenvalue weighted by molar-refractivity contribution is 5.94. The molecule has 4 rings (SSSR count). The number of aromatic nitrogens is 1. The van der Waals surface area contributed by atoms with Crippen LogP contribution in [0.1, 0.15) is 28.8 Å². The second-order valence-corrected chi connectivity index (χ2v) is 7.40. The number of halogens is 1. The number of fused-ring (bicyclic) bond motifs is 1. The summed E-state index contributed by atoms with van der Waals surface area (Å²) in [6.07, 6.45) is 4.17. The Kier molecular flexibility index (Phi) is 5.60. The summed E-state index contributed by atoms with van der Waals surface area (Å²) in [6.45, 7) is 1.99. The van der Waals surface area contributed by atoms with Crippen LogP contribution in [0.4, 0.5) is 4.39 Å². The van der Waals surface area contributed by atoms with E-state index in [0.29, 0.717) is 38.2 Å². The van der Waals surface area contributed by atoms with Crippen LogP contribution in [-0.4, -0.2) is 52.8 Å². The number of amides is 2. The molecule has 1 aliphatic heterocycles. The first-order chi connectivity index (χ1) is 14.1.